The Bertz CT molecular complexity index is 3720. The number of carbonyl (C=O) groups is 1. The predicted octanol–water partition coefficient (Wildman–Crippen LogP) is 17.9. The summed E-state index contributed by atoms with van der Waals surface area (Å²) < 4.78 is 13.7. The summed E-state index contributed by atoms with van der Waals surface area (Å²) in [7, 11) is 0. The van der Waals surface area contributed by atoms with Crippen molar-refractivity contribution in [2.75, 3.05) is 30.0 Å². The van der Waals surface area contributed by atoms with Crippen LogP contribution in [0.15, 0.2) is 210 Å². The summed E-state index contributed by atoms with van der Waals surface area (Å²) in [6, 6.07) is 70.2. The fourth-order valence-electron chi connectivity index (χ4n) is 9.42. The van der Waals surface area contributed by atoms with Gasteiger partial charge in [0.2, 0.25) is 0 Å². The first-order valence-corrected chi connectivity index (χ1v) is 27.3. The molecule has 0 spiro atoms. The number of thioether (sulfide) groups is 2. The quantitative estimate of drug-likeness (QED) is 0.113. The minimum absolute atomic E-state index is 0.00548. The van der Waals surface area contributed by atoms with Gasteiger partial charge in [0.25, 0.3) is 0 Å². The van der Waals surface area contributed by atoms with E-state index in [0.29, 0.717) is 17.2 Å². The molecule has 2 N–H and O–H groups in total. The van der Waals surface area contributed by atoms with Crippen LogP contribution in [0.2, 0.25) is 0 Å². The molecule has 4 nitrogen and oxygen atoms in total. The summed E-state index contributed by atoms with van der Waals surface area (Å²) in [5.41, 5.74) is 6.46. The summed E-state index contributed by atoms with van der Waals surface area (Å²) in [6.45, 7) is -0.182. The van der Waals surface area contributed by atoms with Gasteiger partial charge in [-0.25, -0.2) is 4.79 Å². The molecule has 0 aliphatic heterocycles. The fraction of sp³-hybridized carbons (Fsp3) is 0.0833. The molecule has 1 amide bonds. The summed E-state index contributed by atoms with van der Waals surface area (Å²) in [6.07, 6.45) is -0.563. The van der Waals surface area contributed by atoms with E-state index < -0.39 is 11.5 Å². The molecule has 336 valence electrons. The summed E-state index contributed by atoms with van der Waals surface area (Å²) in [4.78, 5) is 16.4. The first-order chi connectivity index (χ1) is 34.0. The molecule has 0 radical (unpaired) electrons. The number of amides is 1. The zero-order valence-corrected chi connectivity index (χ0v) is 41.3. The maximum absolute atomic E-state index is 14.2. The van der Waals surface area contributed by atoms with Crippen molar-refractivity contribution in [2.24, 2.45) is 5.41 Å². The normalized spacial score (nSPS) is 12.0. The van der Waals surface area contributed by atoms with Crippen LogP contribution >= 0.6 is 57.5 Å². The number of ether oxygens (including phenoxy) is 1. The molecule has 12 rings (SSSR count). The van der Waals surface area contributed by atoms with Gasteiger partial charge in [-0.3, -0.25) is 5.32 Å². The monoisotopic (exact) mass is 985 g/mol. The van der Waals surface area contributed by atoms with E-state index in [1.807, 2.05) is 46.9 Å². The minimum Gasteiger partial charge on any atom is -0.449 e. The number of aliphatic hydroxyl groups is 1. The lowest BCUT2D eigenvalue weighted by molar-refractivity contribution is 0.0736. The van der Waals surface area contributed by atoms with E-state index in [9.17, 15) is 9.90 Å². The lowest BCUT2D eigenvalue weighted by atomic mass is 9.95. The van der Waals surface area contributed by atoms with E-state index in [4.69, 9.17) is 4.74 Å². The molecule has 12 aromatic rings. The molecular formula is C60H43NO3S5. The van der Waals surface area contributed by atoms with E-state index in [0.717, 1.165) is 32.0 Å². The third-order valence-corrected chi connectivity index (χ3v) is 19.4. The Morgan fingerprint density at radius 3 is 1.26 bits per heavy atom. The Labute approximate surface area is 420 Å². The van der Waals surface area contributed by atoms with Crippen molar-refractivity contribution in [1.29, 1.82) is 0 Å². The number of fused-ring (bicyclic) bond motifs is 9. The minimum atomic E-state index is -0.831. The van der Waals surface area contributed by atoms with Crippen LogP contribution in [-0.4, -0.2) is 35.9 Å². The van der Waals surface area contributed by atoms with Gasteiger partial charge in [0, 0.05) is 109 Å². The van der Waals surface area contributed by atoms with Crippen molar-refractivity contribution < 1.29 is 14.6 Å². The summed E-state index contributed by atoms with van der Waals surface area (Å²) in [5, 5.41) is 22.2. The smallest absolute Gasteiger partial charge is 0.411 e. The van der Waals surface area contributed by atoms with Crippen molar-refractivity contribution in [3.05, 3.63) is 200 Å². The number of hydrogen-bond acceptors (Lipinski definition) is 8. The van der Waals surface area contributed by atoms with E-state index in [1.165, 1.54) is 71.6 Å². The van der Waals surface area contributed by atoms with Crippen molar-refractivity contribution in [3.8, 4) is 33.4 Å². The van der Waals surface area contributed by atoms with E-state index >= 15 is 0 Å². The molecule has 3 heterocycles. The molecule has 0 aliphatic carbocycles. The Morgan fingerprint density at radius 2 is 0.797 bits per heavy atom. The van der Waals surface area contributed by atoms with Crippen molar-refractivity contribution >= 4 is 130 Å². The van der Waals surface area contributed by atoms with Crippen LogP contribution in [-0.2, 0) is 4.74 Å². The number of nitrogens with one attached hydrogen (secondary N) is 1. The van der Waals surface area contributed by atoms with Gasteiger partial charge in [-0.2, -0.15) is 0 Å². The second-order valence-corrected chi connectivity index (χ2v) is 22.5. The van der Waals surface area contributed by atoms with Crippen LogP contribution in [0.1, 0.15) is 0 Å². The van der Waals surface area contributed by atoms with Gasteiger partial charge in [0.05, 0.1) is 12.3 Å². The second-order valence-electron chi connectivity index (χ2n) is 17.3. The van der Waals surface area contributed by atoms with Gasteiger partial charge in [-0.05, 0) is 47.5 Å². The predicted molar refractivity (Wildman–Crippen MR) is 300 cm³/mol. The molecule has 0 saturated heterocycles. The highest BCUT2D eigenvalue weighted by Crippen LogP contribution is 2.47. The third-order valence-electron chi connectivity index (χ3n) is 12.9. The Balaban J connectivity index is 0.868. The molecule has 69 heavy (non-hydrogen) atoms. The maximum Gasteiger partial charge on any atom is 0.411 e. The number of rotatable bonds is 13. The second kappa shape index (κ2) is 18.8. The number of thiophene rings is 3. The standard InChI is InChI=1S/C60H43NO3S5/c62-34-60(36-65-51-29-8-2-17-39(51)45-23-14-26-48-42-20-5-11-32-54(42)68-57(45)48,37-66-52-30-9-3-18-40(52)46-24-15-27-49-43-21-6-12-33-55(43)69-58(46)49)35-64-59(63)61-50-28-7-1-16-38(50)44-22-13-25-47-41-19-4-10-31-53(41)67-56(44)47/h1-33,62H,34-37H2,(H,61,63). The van der Waals surface area contributed by atoms with Crippen LogP contribution in [0.3, 0.4) is 0 Å². The topological polar surface area (TPSA) is 58.6 Å². The molecular weight excluding hydrogens is 943 g/mol. The van der Waals surface area contributed by atoms with Crippen molar-refractivity contribution in [2.45, 2.75) is 9.79 Å². The Morgan fingerprint density at radius 1 is 0.435 bits per heavy atom. The highest BCUT2D eigenvalue weighted by atomic mass is 32.2. The zero-order valence-electron chi connectivity index (χ0n) is 37.2. The molecule has 9 aromatic carbocycles. The van der Waals surface area contributed by atoms with Gasteiger partial charge in [0.15, 0.2) is 0 Å². The van der Waals surface area contributed by atoms with E-state index in [1.54, 1.807) is 34.9 Å². The van der Waals surface area contributed by atoms with Crippen LogP contribution in [0.25, 0.3) is 93.9 Å². The van der Waals surface area contributed by atoms with Crippen molar-refractivity contribution in [3.63, 3.8) is 0 Å². The first kappa shape index (κ1) is 43.8. The Hall–Kier alpha value is -6.43. The molecule has 0 bridgehead atoms. The average molecular weight is 986 g/mol. The van der Waals surface area contributed by atoms with Crippen LogP contribution in [0.4, 0.5) is 10.5 Å². The molecule has 9 heteroatoms. The SMILES string of the molecule is O=C(Nc1ccccc1-c1cccc2c1sc1ccccc12)OCC(CO)(CSc1ccccc1-c1cccc2c1sc1ccccc12)CSc1ccccc1-c1cccc2c1sc1ccccc12. The fourth-order valence-corrected chi connectivity index (χ4v) is 15.7. The highest BCUT2D eigenvalue weighted by molar-refractivity contribution is 8.00. The lowest BCUT2D eigenvalue weighted by Crippen LogP contribution is -2.38. The van der Waals surface area contributed by atoms with E-state index in [-0.39, 0.29) is 13.2 Å². The zero-order chi connectivity index (χ0) is 46.3. The molecule has 3 aromatic heterocycles. The largest absolute Gasteiger partial charge is 0.449 e. The van der Waals surface area contributed by atoms with Gasteiger partial charge < -0.3 is 9.84 Å². The summed E-state index contributed by atoms with van der Waals surface area (Å²) >= 11 is 8.83. The first-order valence-electron chi connectivity index (χ1n) is 22.8. The maximum atomic E-state index is 14.2. The molecule has 0 saturated carbocycles. The number of para-hydroxylation sites is 1. The molecule has 0 fully saturated rings. The van der Waals surface area contributed by atoms with Crippen LogP contribution < -0.4 is 5.32 Å². The number of anilines is 1. The number of benzene rings is 9. The van der Waals surface area contributed by atoms with Crippen molar-refractivity contribution in [1.82, 2.24) is 0 Å². The van der Waals surface area contributed by atoms with Crippen LogP contribution in [0.5, 0.6) is 0 Å². The van der Waals surface area contributed by atoms with Gasteiger partial charge in [-0.15, -0.1) is 57.5 Å². The Kier molecular flexibility index (Phi) is 11.9. The molecule has 0 atom stereocenters. The number of hydrogen-bond donors (Lipinski definition) is 2. The molecule has 0 aliphatic rings. The number of carbonyl (C=O) groups excluding carboxylic acids is 1. The van der Waals surface area contributed by atoms with Gasteiger partial charge in [-0.1, -0.05) is 164 Å². The average Bonchev–Trinajstić information content (AvgIpc) is 4.11. The molecule has 0 unspecified atom stereocenters. The van der Waals surface area contributed by atoms with Gasteiger partial charge >= 0.3 is 6.09 Å². The van der Waals surface area contributed by atoms with Crippen LogP contribution in [0, 0.1) is 5.41 Å². The summed E-state index contributed by atoms with van der Waals surface area (Å²) in [5.74, 6) is 1.00. The third kappa shape index (κ3) is 8.27. The van der Waals surface area contributed by atoms with Gasteiger partial charge in [0.1, 0.15) is 6.61 Å². The highest BCUT2D eigenvalue weighted by Gasteiger charge is 2.33. The lowest BCUT2D eigenvalue weighted by Gasteiger charge is -2.31. The van der Waals surface area contributed by atoms with E-state index in [2.05, 4.69) is 181 Å². The number of aliphatic hydroxyl groups excluding tert-OH is 1.